The molecule has 23 heavy (non-hydrogen) atoms. The van der Waals surface area contributed by atoms with E-state index in [1.807, 2.05) is 17.5 Å². The van der Waals surface area contributed by atoms with Gasteiger partial charge in [-0.3, -0.25) is 4.79 Å². The lowest BCUT2D eigenvalue weighted by Gasteiger charge is -2.17. The van der Waals surface area contributed by atoms with Gasteiger partial charge in [0.15, 0.2) is 0 Å². The molecule has 3 rings (SSSR count). The molecule has 0 atom stereocenters. The molecule has 1 aromatic carbocycles. The van der Waals surface area contributed by atoms with Crippen molar-refractivity contribution >= 4 is 40.2 Å². The van der Waals surface area contributed by atoms with Gasteiger partial charge >= 0.3 is 0 Å². The minimum Gasteiger partial charge on any atom is -0.336 e. The summed E-state index contributed by atoms with van der Waals surface area (Å²) in [5, 5.41) is 3.08. The predicted molar refractivity (Wildman–Crippen MR) is 92.6 cm³/mol. The first-order valence-electron chi connectivity index (χ1n) is 6.74. The molecule has 3 nitrogen and oxygen atoms in total. The fourth-order valence-corrected chi connectivity index (χ4v) is 4.01. The molecule has 0 aliphatic carbocycles. The number of thiophene rings is 1. The Hall–Kier alpha value is -1.76. The van der Waals surface area contributed by atoms with Gasteiger partial charge in [-0.15, -0.1) is 22.7 Å². The van der Waals surface area contributed by atoms with Crippen molar-refractivity contribution in [3.8, 4) is 9.88 Å². The van der Waals surface area contributed by atoms with Crippen molar-refractivity contribution in [1.82, 2.24) is 9.88 Å². The molecule has 0 saturated carbocycles. The Morgan fingerprint density at radius 2 is 2.17 bits per heavy atom. The van der Waals surface area contributed by atoms with E-state index >= 15 is 0 Å². The minimum absolute atomic E-state index is 0.108. The zero-order valence-corrected chi connectivity index (χ0v) is 14.5. The maximum absolute atomic E-state index is 13.8. The van der Waals surface area contributed by atoms with E-state index in [9.17, 15) is 9.18 Å². The van der Waals surface area contributed by atoms with Crippen LogP contribution in [-0.2, 0) is 6.54 Å². The van der Waals surface area contributed by atoms with E-state index in [1.54, 1.807) is 36.7 Å². The summed E-state index contributed by atoms with van der Waals surface area (Å²) in [5.41, 5.74) is 0.313. The zero-order chi connectivity index (χ0) is 16.4. The van der Waals surface area contributed by atoms with Gasteiger partial charge in [-0.25, -0.2) is 9.37 Å². The van der Waals surface area contributed by atoms with Crippen molar-refractivity contribution < 1.29 is 9.18 Å². The normalized spacial score (nSPS) is 10.7. The van der Waals surface area contributed by atoms with Crippen LogP contribution in [0.15, 0.2) is 41.9 Å². The summed E-state index contributed by atoms with van der Waals surface area (Å²) in [6.07, 6.45) is 1.56. The van der Waals surface area contributed by atoms with Gasteiger partial charge in [0.1, 0.15) is 15.7 Å². The van der Waals surface area contributed by atoms with Crippen LogP contribution < -0.4 is 0 Å². The van der Waals surface area contributed by atoms with Crippen LogP contribution in [0.3, 0.4) is 0 Å². The van der Waals surface area contributed by atoms with Crippen LogP contribution >= 0.6 is 34.3 Å². The van der Waals surface area contributed by atoms with Crippen LogP contribution in [0.4, 0.5) is 4.39 Å². The number of nitrogens with zero attached hydrogens (tertiary/aromatic N) is 2. The second-order valence-electron chi connectivity index (χ2n) is 4.87. The second kappa shape index (κ2) is 6.78. The summed E-state index contributed by atoms with van der Waals surface area (Å²) in [7, 11) is 1.62. The van der Waals surface area contributed by atoms with Gasteiger partial charge in [0.2, 0.25) is 0 Å². The molecule has 118 valence electrons. The molecular weight excluding hydrogens is 355 g/mol. The summed E-state index contributed by atoms with van der Waals surface area (Å²) in [6, 6.07) is 8.39. The summed E-state index contributed by atoms with van der Waals surface area (Å²) < 4.78 is 13.8. The van der Waals surface area contributed by atoms with Crippen molar-refractivity contribution in [3.63, 3.8) is 0 Å². The Balaban J connectivity index is 1.78. The third-order valence-electron chi connectivity index (χ3n) is 3.25. The molecule has 0 unspecified atom stereocenters. The summed E-state index contributed by atoms with van der Waals surface area (Å²) in [4.78, 5) is 19.8. The largest absolute Gasteiger partial charge is 0.336 e. The van der Waals surface area contributed by atoms with E-state index in [-0.39, 0.29) is 12.5 Å². The highest BCUT2D eigenvalue weighted by Gasteiger charge is 2.18. The Morgan fingerprint density at radius 3 is 2.87 bits per heavy atom. The molecule has 1 amide bonds. The van der Waals surface area contributed by atoms with Gasteiger partial charge in [0, 0.05) is 17.6 Å². The predicted octanol–water partition coefficient (Wildman–Crippen LogP) is 4.94. The van der Waals surface area contributed by atoms with Gasteiger partial charge in [-0.1, -0.05) is 23.7 Å². The molecule has 2 heterocycles. The fourth-order valence-electron chi connectivity index (χ4n) is 2.07. The number of halogens is 2. The van der Waals surface area contributed by atoms with Crippen LogP contribution in [0, 0.1) is 5.82 Å². The first kappa shape index (κ1) is 16.1. The number of aromatic nitrogens is 1. The number of carbonyl (C=O) groups is 1. The second-order valence-corrected chi connectivity index (χ2v) is 7.25. The molecular formula is C16H12ClFN2OS2. The van der Waals surface area contributed by atoms with Crippen molar-refractivity contribution in [2.75, 3.05) is 7.05 Å². The highest BCUT2D eigenvalue weighted by molar-refractivity contribution is 7.21. The van der Waals surface area contributed by atoms with Crippen molar-refractivity contribution in [3.05, 3.63) is 63.2 Å². The monoisotopic (exact) mass is 366 g/mol. The fraction of sp³-hybridized carbons (Fsp3) is 0.125. The van der Waals surface area contributed by atoms with Crippen molar-refractivity contribution in [2.24, 2.45) is 0 Å². The molecule has 3 aromatic rings. The average Bonchev–Trinajstić information content (AvgIpc) is 3.20. The highest BCUT2D eigenvalue weighted by Crippen LogP contribution is 2.29. The summed E-state index contributed by atoms with van der Waals surface area (Å²) >= 11 is 8.91. The Labute approximate surface area is 146 Å². The number of hydrogen-bond donors (Lipinski definition) is 0. The SMILES string of the molecule is CN(Cc1c(F)cccc1Cl)C(=O)c1cnc(-c2cccs2)s1. The minimum atomic E-state index is -0.416. The average molecular weight is 367 g/mol. The number of amides is 1. The van der Waals surface area contributed by atoms with Gasteiger partial charge in [0.05, 0.1) is 17.6 Å². The Kier molecular flexibility index (Phi) is 4.75. The molecule has 7 heteroatoms. The van der Waals surface area contributed by atoms with E-state index in [1.165, 1.54) is 22.3 Å². The molecule has 0 fully saturated rings. The Morgan fingerprint density at radius 1 is 1.35 bits per heavy atom. The smallest absolute Gasteiger partial charge is 0.265 e. The molecule has 0 N–H and O–H groups in total. The van der Waals surface area contributed by atoms with E-state index < -0.39 is 5.82 Å². The first-order valence-corrected chi connectivity index (χ1v) is 8.81. The number of hydrogen-bond acceptors (Lipinski definition) is 4. The van der Waals surface area contributed by atoms with Gasteiger partial charge in [-0.05, 0) is 23.6 Å². The standard InChI is InChI=1S/C16H12ClFN2OS2/c1-20(9-10-11(17)4-2-5-12(10)18)16(21)14-8-19-15(23-14)13-6-3-7-22-13/h2-8H,9H2,1H3. The van der Waals surface area contributed by atoms with E-state index in [0.717, 1.165) is 9.88 Å². The van der Waals surface area contributed by atoms with Crippen LogP contribution in [0.5, 0.6) is 0 Å². The van der Waals surface area contributed by atoms with E-state index in [4.69, 9.17) is 11.6 Å². The molecule has 0 aliphatic rings. The van der Waals surface area contributed by atoms with Crippen molar-refractivity contribution in [2.45, 2.75) is 6.54 Å². The lowest BCUT2D eigenvalue weighted by molar-refractivity contribution is 0.0788. The van der Waals surface area contributed by atoms with E-state index in [2.05, 4.69) is 4.98 Å². The highest BCUT2D eigenvalue weighted by atomic mass is 35.5. The topological polar surface area (TPSA) is 33.2 Å². The third-order valence-corrected chi connectivity index (χ3v) is 5.63. The quantitative estimate of drug-likeness (QED) is 0.655. The summed E-state index contributed by atoms with van der Waals surface area (Å²) in [5.74, 6) is -0.620. The van der Waals surface area contributed by atoms with Crippen LogP contribution in [-0.4, -0.2) is 22.8 Å². The van der Waals surface area contributed by atoms with Gasteiger partial charge < -0.3 is 4.90 Å². The lowest BCUT2D eigenvalue weighted by atomic mass is 10.2. The molecule has 0 saturated heterocycles. The summed E-state index contributed by atoms with van der Waals surface area (Å²) in [6.45, 7) is 0.108. The zero-order valence-electron chi connectivity index (χ0n) is 12.1. The van der Waals surface area contributed by atoms with Gasteiger partial charge in [-0.2, -0.15) is 0 Å². The molecule has 0 radical (unpaired) electrons. The first-order chi connectivity index (χ1) is 11.1. The van der Waals surface area contributed by atoms with Crippen LogP contribution in [0.25, 0.3) is 9.88 Å². The van der Waals surface area contributed by atoms with E-state index in [0.29, 0.717) is 15.5 Å². The lowest BCUT2D eigenvalue weighted by Crippen LogP contribution is -2.26. The van der Waals surface area contributed by atoms with Gasteiger partial charge in [0.25, 0.3) is 5.91 Å². The maximum atomic E-state index is 13.8. The molecule has 0 aliphatic heterocycles. The molecule has 0 spiro atoms. The van der Waals surface area contributed by atoms with Crippen molar-refractivity contribution in [1.29, 1.82) is 0 Å². The molecule has 0 bridgehead atoms. The maximum Gasteiger partial charge on any atom is 0.265 e. The third kappa shape index (κ3) is 3.44. The van der Waals surface area contributed by atoms with Crippen LogP contribution in [0.1, 0.15) is 15.2 Å². The number of rotatable bonds is 4. The number of benzene rings is 1. The Bertz CT molecular complexity index is 812. The number of thiazole rings is 1. The molecule has 2 aromatic heterocycles. The number of carbonyl (C=O) groups excluding carboxylic acids is 1. The van der Waals surface area contributed by atoms with Crippen LogP contribution in [0.2, 0.25) is 5.02 Å².